The highest BCUT2D eigenvalue weighted by atomic mass is 16.3. The molecule has 5 rings (SSSR count). The highest BCUT2D eigenvalue weighted by molar-refractivity contribution is 5.75. The van der Waals surface area contributed by atoms with Crippen LogP contribution in [0.2, 0.25) is 0 Å². The number of allylic oxidation sites excluding steroid dienone is 1. The third kappa shape index (κ3) is 12.0. The van der Waals surface area contributed by atoms with Gasteiger partial charge in [0.05, 0.1) is 22.8 Å². The van der Waals surface area contributed by atoms with Gasteiger partial charge in [-0.1, -0.05) is 37.6 Å². The van der Waals surface area contributed by atoms with E-state index in [1.807, 2.05) is 72.9 Å². The van der Waals surface area contributed by atoms with Crippen LogP contribution in [0.15, 0.2) is 102 Å². The van der Waals surface area contributed by atoms with Gasteiger partial charge in [-0.25, -0.2) is 0 Å². The highest BCUT2D eigenvalue weighted by Crippen LogP contribution is 2.30. The summed E-state index contributed by atoms with van der Waals surface area (Å²) in [6.07, 6.45) is 13.7. The summed E-state index contributed by atoms with van der Waals surface area (Å²) in [6.45, 7) is 6.48. The van der Waals surface area contributed by atoms with Crippen molar-refractivity contribution in [3.05, 3.63) is 131 Å². The first-order chi connectivity index (χ1) is 24.4. The zero-order valence-corrected chi connectivity index (χ0v) is 29.1. The number of phenols is 1. The molecule has 10 nitrogen and oxygen atoms in total. The monoisotopic (exact) mass is 674 g/mol. The summed E-state index contributed by atoms with van der Waals surface area (Å²) in [6, 6.07) is 21.8. The van der Waals surface area contributed by atoms with E-state index in [0.717, 1.165) is 65.2 Å². The minimum absolute atomic E-state index is 0.0122. The highest BCUT2D eigenvalue weighted by Gasteiger charge is 2.20. The first kappa shape index (κ1) is 36.5. The fraction of sp³-hybridized carbons (Fsp3) is 0.375. The second-order valence-electron chi connectivity index (χ2n) is 13.1. The lowest BCUT2D eigenvalue weighted by Gasteiger charge is -2.26. The number of phenolic OH excluding ortho intramolecular Hbond substituents is 1. The van der Waals surface area contributed by atoms with Crippen molar-refractivity contribution in [3.63, 3.8) is 0 Å². The van der Waals surface area contributed by atoms with Crippen LogP contribution >= 0.6 is 0 Å². The summed E-state index contributed by atoms with van der Waals surface area (Å²) in [4.78, 5) is 35.7. The largest absolute Gasteiger partial charge is 0.507 e. The van der Waals surface area contributed by atoms with Gasteiger partial charge in [-0.2, -0.15) is 0 Å². The van der Waals surface area contributed by atoms with Crippen molar-refractivity contribution in [3.8, 4) is 5.75 Å². The molecule has 4 heterocycles. The fourth-order valence-corrected chi connectivity index (χ4v) is 6.15. The Morgan fingerprint density at radius 2 is 1.36 bits per heavy atom. The summed E-state index contributed by atoms with van der Waals surface area (Å²) < 4.78 is 0. The summed E-state index contributed by atoms with van der Waals surface area (Å²) in [5.74, 6) is 0.679. The predicted octanol–water partition coefficient (Wildman–Crippen LogP) is 5.91. The van der Waals surface area contributed by atoms with Crippen LogP contribution in [0.1, 0.15) is 72.8 Å². The zero-order valence-electron chi connectivity index (χ0n) is 29.1. The Morgan fingerprint density at radius 1 is 0.800 bits per heavy atom. The molecule has 3 aromatic heterocycles. The third-order valence-corrected chi connectivity index (χ3v) is 8.65. The molecule has 4 N–H and O–H groups in total. The maximum atomic E-state index is 12.8. The van der Waals surface area contributed by atoms with Gasteiger partial charge in [-0.05, 0) is 85.8 Å². The SMILES string of the molecule is CC1C=C(CN(Cc2ccccn2)Cc2cc(CNC(=O)CCCCCN)cc(CN(Cc3ccccn3)Cc3ccccn3)c2O)N=CC1. The van der Waals surface area contributed by atoms with Crippen LogP contribution < -0.4 is 11.1 Å². The Morgan fingerprint density at radius 3 is 1.86 bits per heavy atom. The van der Waals surface area contributed by atoms with E-state index in [9.17, 15) is 9.90 Å². The normalized spacial score (nSPS) is 14.2. The molecule has 1 aromatic carbocycles. The van der Waals surface area contributed by atoms with Crippen molar-refractivity contribution in [1.29, 1.82) is 0 Å². The Kier molecular flexibility index (Phi) is 14.2. The van der Waals surface area contributed by atoms with Gasteiger partial charge >= 0.3 is 0 Å². The van der Waals surface area contributed by atoms with Crippen molar-refractivity contribution in [2.75, 3.05) is 13.1 Å². The van der Waals surface area contributed by atoms with Crippen LogP contribution in [-0.2, 0) is 44.1 Å². The number of carbonyl (C=O) groups is 1. The summed E-state index contributed by atoms with van der Waals surface area (Å²) in [7, 11) is 0. The number of benzene rings is 1. The standard InChI is InChI=1S/C40H50N8O2/c1-31-15-20-45-38(21-31)30-48(29-37-13-6-10-19-44-37)26-34-23-32(24-46-39(49)14-3-2-7-16-41)22-33(40(34)50)25-47(27-35-11-4-8-17-42-35)28-36-12-5-9-18-43-36/h4-6,8-13,17-23,31,50H,2-3,7,14-16,24-30,41H2,1H3,(H,46,49). The molecule has 1 aliphatic heterocycles. The molecule has 0 saturated carbocycles. The van der Waals surface area contributed by atoms with Crippen LogP contribution in [0.25, 0.3) is 0 Å². The Bertz CT molecular complexity index is 1640. The van der Waals surface area contributed by atoms with Gasteiger partial charge in [0.15, 0.2) is 0 Å². The second kappa shape index (κ2) is 19.4. The Balaban J connectivity index is 1.44. The number of amides is 1. The number of carbonyl (C=O) groups excluding carboxylic acids is 1. The van der Waals surface area contributed by atoms with E-state index in [1.165, 1.54) is 0 Å². The molecule has 0 bridgehead atoms. The minimum atomic E-state index is 0.0122. The van der Waals surface area contributed by atoms with Gasteiger partial charge in [0.25, 0.3) is 0 Å². The average Bonchev–Trinajstić information content (AvgIpc) is 3.12. The van der Waals surface area contributed by atoms with Gasteiger partial charge < -0.3 is 16.2 Å². The lowest BCUT2D eigenvalue weighted by atomic mass is 10.0. The van der Waals surface area contributed by atoms with E-state index in [4.69, 9.17) is 10.7 Å². The molecule has 50 heavy (non-hydrogen) atoms. The number of hydrogen-bond donors (Lipinski definition) is 3. The Hall–Kier alpha value is -4.77. The zero-order chi connectivity index (χ0) is 35.0. The van der Waals surface area contributed by atoms with E-state index in [-0.39, 0.29) is 11.7 Å². The van der Waals surface area contributed by atoms with Crippen LogP contribution in [0.3, 0.4) is 0 Å². The van der Waals surface area contributed by atoms with Crippen molar-refractivity contribution in [1.82, 2.24) is 30.1 Å². The van der Waals surface area contributed by atoms with Crippen molar-refractivity contribution in [2.24, 2.45) is 16.6 Å². The maximum absolute atomic E-state index is 12.8. The number of unbranched alkanes of at least 4 members (excludes halogenated alkanes) is 2. The Labute approximate surface area is 296 Å². The molecule has 0 saturated heterocycles. The van der Waals surface area contributed by atoms with E-state index < -0.39 is 0 Å². The topological polar surface area (TPSA) is 133 Å². The number of rotatable bonds is 19. The van der Waals surface area contributed by atoms with Crippen LogP contribution in [0, 0.1) is 5.92 Å². The number of nitrogens with zero attached hydrogens (tertiary/aromatic N) is 6. The van der Waals surface area contributed by atoms with Gasteiger partial charge in [-0.3, -0.25) is 34.5 Å². The molecule has 0 radical (unpaired) electrons. The minimum Gasteiger partial charge on any atom is -0.507 e. The molecule has 10 heteroatoms. The van der Waals surface area contributed by atoms with Gasteiger partial charge in [-0.15, -0.1) is 0 Å². The fourth-order valence-electron chi connectivity index (χ4n) is 6.15. The molecule has 0 fully saturated rings. The molecular weight excluding hydrogens is 624 g/mol. The van der Waals surface area contributed by atoms with Gasteiger partial charge in [0.1, 0.15) is 5.75 Å². The van der Waals surface area contributed by atoms with Crippen LogP contribution in [0.5, 0.6) is 5.75 Å². The molecule has 1 aliphatic rings. The summed E-state index contributed by atoms with van der Waals surface area (Å²) in [5, 5.41) is 15.1. The summed E-state index contributed by atoms with van der Waals surface area (Å²) >= 11 is 0. The molecule has 0 aliphatic carbocycles. The molecule has 0 spiro atoms. The predicted molar refractivity (Wildman–Crippen MR) is 198 cm³/mol. The van der Waals surface area contributed by atoms with E-state index in [1.54, 1.807) is 18.6 Å². The molecule has 1 amide bonds. The number of aliphatic imine (C=N–C) groups is 1. The van der Waals surface area contributed by atoms with Gasteiger partial charge in [0, 0.05) is 88.2 Å². The number of aromatic hydroxyl groups is 1. The quantitative estimate of drug-likeness (QED) is 0.105. The lowest BCUT2D eigenvalue weighted by Crippen LogP contribution is -2.27. The van der Waals surface area contributed by atoms with Crippen molar-refractivity contribution >= 4 is 12.1 Å². The number of hydrogen-bond acceptors (Lipinski definition) is 9. The van der Waals surface area contributed by atoms with Crippen LogP contribution in [-0.4, -0.2) is 55.1 Å². The van der Waals surface area contributed by atoms with E-state index in [0.29, 0.717) is 64.7 Å². The first-order valence-electron chi connectivity index (χ1n) is 17.6. The molecule has 1 atom stereocenters. The average molecular weight is 675 g/mol. The second-order valence-corrected chi connectivity index (χ2v) is 13.1. The number of nitrogens with one attached hydrogen (secondary N) is 1. The summed E-state index contributed by atoms with van der Waals surface area (Å²) in [5.41, 5.74) is 11.9. The molecular formula is C40H50N8O2. The maximum Gasteiger partial charge on any atom is 0.220 e. The smallest absolute Gasteiger partial charge is 0.220 e. The molecule has 1 unspecified atom stereocenters. The van der Waals surface area contributed by atoms with Gasteiger partial charge in [0.2, 0.25) is 5.91 Å². The number of nitrogens with two attached hydrogens (primary N) is 1. The van der Waals surface area contributed by atoms with Crippen molar-refractivity contribution in [2.45, 2.75) is 78.3 Å². The van der Waals surface area contributed by atoms with E-state index >= 15 is 0 Å². The van der Waals surface area contributed by atoms with Crippen LogP contribution in [0.4, 0.5) is 0 Å². The van der Waals surface area contributed by atoms with Crippen molar-refractivity contribution < 1.29 is 9.90 Å². The number of aromatic nitrogens is 3. The molecule has 262 valence electrons. The molecule has 4 aromatic rings. The lowest BCUT2D eigenvalue weighted by molar-refractivity contribution is -0.121. The number of pyridine rings is 3. The first-order valence-corrected chi connectivity index (χ1v) is 17.6. The third-order valence-electron chi connectivity index (χ3n) is 8.65. The van der Waals surface area contributed by atoms with E-state index in [2.05, 4.69) is 43.1 Å².